The van der Waals surface area contributed by atoms with Gasteiger partial charge in [-0.1, -0.05) is 54.6 Å². The molecule has 6 atom stereocenters. The number of nitrogens with zero attached hydrogens (tertiary/aromatic N) is 1. The molecule has 2 heterocycles. The molecule has 1 fully saturated rings. The number of hydrogen-bond acceptors (Lipinski definition) is 24. The Morgan fingerprint density at radius 2 is 1.47 bits per heavy atom. The van der Waals surface area contributed by atoms with Crippen molar-refractivity contribution < 1.29 is 128 Å². The van der Waals surface area contributed by atoms with Gasteiger partial charge in [0.1, 0.15) is 10.9 Å². The van der Waals surface area contributed by atoms with Crippen molar-refractivity contribution in [1.82, 2.24) is 26.2 Å². The number of ketones is 3. The lowest BCUT2D eigenvalue weighted by molar-refractivity contribution is -0.151. The van der Waals surface area contributed by atoms with Gasteiger partial charge in [-0.2, -0.15) is 16.8 Å². The maximum atomic E-state index is 14.0. The lowest BCUT2D eigenvalue weighted by atomic mass is 9.84. The van der Waals surface area contributed by atoms with E-state index in [0.717, 1.165) is 40.9 Å². The molecule has 3 aliphatic rings. The van der Waals surface area contributed by atoms with Crippen LogP contribution in [-0.4, -0.2) is 203 Å². The number of hydrogen-bond donors (Lipinski definition) is 12. The molecule has 34 nitrogen and oxygen atoms in total. The molecule has 97 heavy (non-hydrogen) atoms. The number of nitrogens with two attached hydrogens (primary N) is 2. The highest BCUT2D eigenvalue weighted by Crippen LogP contribution is 2.49. The van der Waals surface area contributed by atoms with E-state index in [9.17, 15) is 104 Å². The van der Waals surface area contributed by atoms with Crippen molar-refractivity contribution in [3.8, 4) is 5.75 Å². The number of imide groups is 1. The smallest absolute Gasteiger partial charge is 0.372 e. The third-order valence-corrected chi connectivity index (χ3v) is 18.2. The second kappa shape index (κ2) is 34.8. The van der Waals surface area contributed by atoms with Crippen LogP contribution in [0.3, 0.4) is 0 Å². The molecule has 0 saturated carbocycles. The van der Waals surface area contributed by atoms with Crippen LogP contribution < -0.4 is 37.5 Å². The number of nitrogen functional groups attached to an aromatic ring is 1. The molecule has 37 heteroatoms. The van der Waals surface area contributed by atoms with Crippen LogP contribution in [0.25, 0.3) is 5.57 Å². The van der Waals surface area contributed by atoms with Gasteiger partial charge in [-0.3, -0.25) is 57.2 Å². The van der Waals surface area contributed by atoms with E-state index in [1.54, 1.807) is 30.3 Å². The van der Waals surface area contributed by atoms with E-state index in [1.165, 1.54) is 18.2 Å². The van der Waals surface area contributed by atoms with Gasteiger partial charge in [0.2, 0.25) is 29.4 Å². The number of nitrogens with one attached hydrogen (secondary N) is 4. The number of ether oxygens (including phenoxy) is 4. The van der Waals surface area contributed by atoms with Gasteiger partial charge in [0.15, 0.2) is 34.2 Å². The highest BCUT2D eigenvalue weighted by molar-refractivity contribution is 8.00. The Labute approximate surface area is 556 Å². The van der Waals surface area contributed by atoms with E-state index in [-0.39, 0.29) is 119 Å². The summed E-state index contributed by atoms with van der Waals surface area (Å²) in [5.41, 5.74) is 10.2. The SMILES string of the molecule is Nc1ccc2c(c1S(=O)(=O)O)OC1=C(S(=O)(=O)O)C(N)C=CC1=C2c1ccc(C(=O)CCCN2C(=O)CC(SCC(CC(=O)C(Cc3ccccc3)NC(=O)CCOCCOCCNC(=O)CC[C@@H](NC(=O)N[C@H](CCC(=O)O)OC=O)C(=O)O)C(=O)C(=O)O)C2=O)cc1C(=O)O. The van der Waals surface area contributed by atoms with Crippen molar-refractivity contribution in [2.45, 2.75) is 98.7 Å². The van der Waals surface area contributed by atoms with Gasteiger partial charge in [-0.15, -0.1) is 11.8 Å². The van der Waals surface area contributed by atoms with Crippen molar-refractivity contribution >= 4 is 121 Å². The molecule has 0 spiro atoms. The third kappa shape index (κ3) is 21.4. The number of aliphatic carboxylic acids is 3. The normalized spacial score (nSPS) is 16.3. The predicted molar refractivity (Wildman–Crippen MR) is 335 cm³/mol. The minimum Gasteiger partial charge on any atom is -0.481 e. The number of amides is 6. The zero-order valence-electron chi connectivity index (χ0n) is 51.1. The van der Waals surface area contributed by atoms with Gasteiger partial charge < -0.3 is 72.1 Å². The van der Waals surface area contributed by atoms with E-state index in [2.05, 4.69) is 26.0 Å². The zero-order chi connectivity index (χ0) is 71.5. The first kappa shape index (κ1) is 76.3. The number of urea groups is 1. The summed E-state index contributed by atoms with van der Waals surface area (Å²) in [4.78, 5) is 163. The number of fused-ring (bicyclic) bond motifs is 2. The molecule has 0 aromatic heterocycles. The quantitative estimate of drug-likeness (QED) is 0.00543. The molecule has 6 rings (SSSR count). The minimum absolute atomic E-state index is 0.00555. The first-order valence-corrected chi connectivity index (χ1v) is 33.2. The van der Waals surface area contributed by atoms with E-state index in [0.29, 0.717) is 5.56 Å². The number of anilines is 1. The summed E-state index contributed by atoms with van der Waals surface area (Å²) in [6.07, 6.45) is -2.50. The molecule has 2 aliphatic heterocycles. The van der Waals surface area contributed by atoms with E-state index < -0.39 is 184 Å². The number of likely N-dealkylation sites (tertiary alicyclic amines) is 1. The van der Waals surface area contributed by atoms with E-state index in [4.69, 9.17) is 30.8 Å². The Morgan fingerprint density at radius 1 is 0.784 bits per heavy atom. The number of carbonyl (C=O) groups excluding carboxylic acids is 9. The molecule has 3 aromatic carbocycles. The molecule has 14 N–H and O–H groups in total. The number of Topliss-reactive ketones (excluding diaryl/α,β-unsaturated/α-hetero) is 3. The summed E-state index contributed by atoms with van der Waals surface area (Å²) >= 11 is 0.746. The summed E-state index contributed by atoms with van der Waals surface area (Å²) in [5.74, 6) is -15.2. The molecular formula is C60H67N7O27S3. The van der Waals surface area contributed by atoms with E-state index >= 15 is 0 Å². The molecule has 0 radical (unpaired) electrons. The lowest BCUT2D eigenvalue weighted by Gasteiger charge is -2.31. The number of carbonyl (C=O) groups is 13. The maximum Gasteiger partial charge on any atom is 0.372 e. The van der Waals surface area contributed by atoms with Crippen LogP contribution in [0, 0.1) is 5.92 Å². The molecule has 1 saturated heterocycles. The number of allylic oxidation sites excluding steroid dienone is 1. The Morgan fingerprint density at radius 3 is 2.11 bits per heavy atom. The fraction of sp³-hybridized carbons (Fsp3) is 0.383. The highest BCUT2D eigenvalue weighted by atomic mass is 32.2. The average molecular weight is 1410 g/mol. The Hall–Kier alpha value is -9.76. The first-order valence-electron chi connectivity index (χ1n) is 29.3. The molecule has 522 valence electrons. The predicted octanol–water partition coefficient (Wildman–Crippen LogP) is 0.621. The van der Waals surface area contributed by atoms with Crippen molar-refractivity contribution in [1.29, 1.82) is 0 Å². The molecule has 4 unspecified atom stereocenters. The zero-order valence-corrected chi connectivity index (χ0v) is 53.5. The second-order valence-electron chi connectivity index (χ2n) is 21.7. The molecule has 1 aliphatic carbocycles. The van der Waals surface area contributed by atoms with Crippen LogP contribution in [0.5, 0.6) is 5.75 Å². The van der Waals surface area contributed by atoms with Crippen LogP contribution in [0.1, 0.15) is 95.2 Å². The van der Waals surface area contributed by atoms with Gasteiger partial charge in [-0.05, 0) is 48.6 Å². The summed E-state index contributed by atoms with van der Waals surface area (Å²) in [5, 5.41) is 46.8. The number of carboxylic acids is 4. The average Bonchev–Trinajstić information content (AvgIpc) is 1.64. The number of benzene rings is 3. The van der Waals surface area contributed by atoms with Crippen LogP contribution in [0.15, 0.2) is 93.9 Å². The fourth-order valence-corrected chi connectivity index (χ4v) is 13.0. The minimum atomic E-state index is -5.25. The van der Waals surface area contributed by atoms with Crippen LogP contribution in [-0.2, 0) is 88.8 Å². The summed E-state index contributed by atoms with van der Waals surface area (Å²) in [6.45, 7) is -0.586. The second-order valence-corrected chi connectivity index (χ2v) is 25.6. The Kier molecular flexibility index (Phi) is 27.3. The highest BCUT2D eigenvalue weighted by Gasteiger charge is 2.42. The van der Waals surface area contributed by atoms with Gasteiger partial charge in [0, 0.05) is 85.6 Å². The van der Waals surface area contributed by atoms with Gasteiger partial charge in [0.05, 0.1) is 61.4 Å². The number of aromatic carboxylic acids is 1. The van der Waals surface area contributed by atoms with Crippen LogP contribution in [0.4, 0.5) is 10.5 Å². The first-order chi connectivity index (χ1) is 45.8. The lowest BCUT2D eigenvalue weighted by Crippen LogP contribution is -2.50. The largest absolute Gasteiger partial charge is 0.481 e. The number of thioether (sulfide) groups is 1. The monoisotopic (exact) mass is 1410 g/mol. The number of rotatable bonds is 40. The third-order valence-electron chi connectivity index (χ3n) is 14.8. The van der Waals surface area contributed by atoms with Crippen molar-refractivity contribution in [3.05, 3.63) is 117 Å². The van der Waals surface area contributed by atoms with Crippen molar-refractivity contribution in [2.24, 2.45) is 11.7 Å². The molecule has 0 bridgehead atoms. The summed E-state index contributed by atoms with van der Waals surface area (Å²) in [7, 11) is -10.5. The van der Waals surface area contributed by atoms with Gasteiger partial charge in [-0.25, -0.2) is 19.2 Å². The molecular weight excluding hydrogens is 1350 g/mol. The fourth-order valence-electron chi connectivity index (χ4n) is 10.2. The standard InChI is InChI=1S/C60H67N7O27S3/c61-38-12-10-35-50(36-11-13-39(62)55(97(88,89)90)53(36)94-52(35)54(38)96(85,86)87)34-9-8-32(26-37(34)57(78)79)42(69)7-4-20-67-48(73)28-44(56(67)77)95-29-33(51(76)59(82)83)27-43(70)41(25-31-5-2-1-3-6-31)64-46(72)18-21-91-23-24-92-22-19-63-45(71)15-14-40(58(80)81)65-60(84)66-47(93-30-68)16-17-49(74)75/h1-3,5-6,8-13,26,30,33,38,40-41,44,47H,4,7,14-25,27-29,61-62H2,(H,63,71)(H,64,72)(H,74,75)(H,78,79)(H,80,81)(H,82,83)(H2,65,66,84)(H,85,86,87)(H,88,89,90)/t33?,38?,40-,41?,44?,47+/m1/s1. The van der Waals surface area contributed by atoms with Gasteiger partial charge >= 0.3 is 29.9 Å². The summed E-state index contributed by atoms with van der Waals surface area (Å²) in [6, 6.07) is 8.44. The topological polar surface area (TPSA) is 552 Å². The van der Waals surface area contributed by atoms with Crippen molar-refractivity contribution in [3.63, 3.8) is 0 Å². The molecule has 3 aromatic rings. The maximum absolute atomic E-state index is 14.0. The number of carboxylic acid groups (broad SMARTS) is 4. The Balaban J connectivity index is 0.993. The van der Waals surface area contributed by atoms with Crippen LogP contribution >= 0.6 is 11.8 Å². The van der Waals surface area contributed by atoms with Gasteiger partial charge in [0.25, 0.3) is 26.7 Å². The van der Waals surface area contributed by atoms with Crippen LogP contribution in [0.2, 0.25) is 0 Å². The molecule has 6 amide bonds. The summed E-state index contributed by atoms with van der Waals surface area (Å²) < 4.78 is 92.1. The van der Waals surface area contributed by atoms with Crippen molar-refractivity contribution in [2.75, 3.05) is 51.0 Å². The van der Waals surface area contributed by atoms with E-state index in [1.807, 2.05) is 0 Å². The Bertz CT molecular complexity index is 3930.